The van der Waals surface area contributed by atoms with Crippen LogP contribution in [0.2, 0.25) is 0 Å². The zero-order valence-electron chi connectivity index (χ0n) is 10.7. The summed E-state index contributed by atoms with van der Waals surface area (Å²) in [7, 11) is 0. The van der Waals surface area contributed by atoms with E-state index in [4.69, 9.17) is 10.7 Å². The zero-order chi connectivity index (χ0) is 13.1. The third-order valence-corrected chi connectivity index (χ3v) is 3.62. The minimum atomic E-state index is 0.373. The first-order valence-electron chi connectivity index (χ1n) is 6.14. The molecule has 1 atom stereocenters. The molecule has 96 valence electrons. The Kier molecular flexibility index (Phi) is 4.19. The molecule has 0 aliphatic carbocycles. The molecule has 3 N–H and O–H groups in total. The van der Waals surface area contributed by atoms with Gasteiger partial charge in [0.15, 0.2) is 0 Å². The van der Waals surface area contributed by atoms with E-state index in [1.807, 2.05) is 12.1 Å². The Morgan fingerprint density at radius 3 is 2.61 bits per heavy atom. The Morgan fingerprint density at radius 1 is 1.33 bits per heavy atom. The van der Waals surface area contributed by atoms with Crippen LogP contribution in [0.1, 0.15) is 30.8 Å². The summed E-state index contributed by atoms with van der Waals surface area (Å²) in [4.78, 5) is 8.07. The summed E-state index contributed by atoms with van der Waals surface area (Å²) in [6, 6.07) is 8.22. The summed E-state index contributed by atoms with van der Waals surface area (Å²) in [5, 5.41) is 0. The molecule has 2 rings (SSSR count). The number of rotatable bonds is 4. The lowest BCUT2D eigenvalue weighted by Gasteiger charge is -2.05. The molecular weight excluding hydrogens is 290 g/mol. The normalized spacial score (nSPS) is 12.7. The van der Waals surface area contributed by atoms with E-state index < -0.39 is 0 Å². The monoisotopic (exact) mass is 307 g/mol. The van der Waals surface area contributed by atoms with Crippen molar-refractivity contribution in [3.05, 3.63) is 40.3 Å². The number of aromatic amines is 1. The molecule has 0 aliphatic rings. The van der Waals surface area contributed by atoms with Crippen LogP contribution in [-0.4, -0.2) is 16.5 Å². The highest BCUT2D eigenvalue weighted by Crippen LogP contribution is 2.26. The number of aromatic nitrogens is 2. The van der Waals surface area contributed by atoms with Gasteiger partial charge in [0, 0.05) is 21.6 Å². The Morgan fingerprint density at radius 2 is 2.00 bits per heavy atom. The third-order valence-electron chi connectivity index (χ3n) is 3.09. The summed E-state index contributed by atoms with van der Waals surface area (Å²) in [5.74, 6) is 1.40. The van der Waals surface area contributed by atoms with Crippen molar-refractivity contribution in [2.75, 3.05) is 6.54 Å². The van der Waals surface area contributed by atoms with E-state index in [2.05, 4.69) is 46.9 Å². The van der Waals surface area contributed by atoms with Gasteiger partial charge >= 0.3 is 0 Å². The molecular formula is C14H18BrN3. The third kappa shape index (κ3) is 2.82. The molecule has 0 amide bonds. The molecule has 0 saturated heterocycles. The summed E-state index contributed by atoms with van der Waals surface area (Å²) < 4.78 is 1.08. The first-order chi connectivity index (χ1) is 8.61. The van der Waals surface area contributed by atoms with Crippen molar-refractivity contribution in [2.24, 2.45) is 5.73 Å². The molecule has 0 spiro atoms. The van der Waals surface area contributed by atoms with Crippen LogP contribution in [0.5, 0.6) is 0 Å². The SMILES string of the molecule is Cc1[nH]c(C(C)CCN)nc1-c1ccc(Br)cc1. The molecule has 4 heteroatoms. The van der Waals surface area contributed by atoms with Crippen LogP contribution in [0.15, 0.2) is 28.7 Å². The highest BCUT2D eigenvalue weighted by atomic mass is 79.9. The number of nitrogens with one attached hydrogen (secondary N) is 1. The van der Waals surface area contributed by atoms with Crippen molar-refractivity contribution in [1.29, 1.82) is 0 Å². The molecule has 18 heavy (non-hydrogen) atoms. The van der Waals surface area contributed by atoms with Gasteiger partial charge in [-0.05, 0) is 32.0 Å². The van der Waals surface area contributed by atoms with Gasteiger partial charge in [-0.1, -0.05) is 35.0 Å². The van der Waals surface area contributed by atoms with Crippen LogP contribution in [0.4, 0.5) is 0 Å². The Hall–Kier alpha value is -1.13. The molecule has 3 nitrogen and oxygen atoms in total. The predicted molar refractivity (Wildman–Crippen MR) is 78.5 cm³/mol. The van der Waals surface area contributed by atoms with Gasteiger partial charge in [0.05, 0.1) is 5.69 Å². The largest absolute Gasteiger partial charge is 0.345 e. The topological polar surface area (TPSA) is 54.7 Å². The molecule has 1 aromatic carbocycles. The van der Waals surface area contributed by atoms with Gasteiger partial charge in [-0.3, -0.25) is 0 Å². The minimum Gasteiger partial charge on any atom is -0.345 e. The van der Waals surface area contributed by atoms with Gasteiger partial charge in [0.2, 0.25) is 0 Å². The van der Waals surface area contributed by atoms with Crippen molar-refractivity contribution in [2.45, 2.75) is 26.2 Å². The fourth-order valence-corrected chi connectivity index (χ4v) is 2.26. The van der Waals surface area contributed by atoms with Gasteiger partial charge in [-0.25, -0.2) is 4.98 Å². The van der Waals surface area contributed by atoms with Crippen LogP contribution < -0.4 is 5.73 Å². The fourth-order valence-electron chi connectivity index (χ4n) is 1.99. The van der Waals surface area contributed by atoms with Crippen LogP contribution in [0, 0.1) is 6.92 Å². The maximum absolute atomic E-state index is 5.59. The lowest BCUT2D eigenvalue weighted by molar-refractivity contribution is 0.654. The van der Waals surface area contributed by atoms with E-state index in [1.54, 1.807) is 0 Å². The molecule has 0 bridgehead atoms. The van der Waals surface area contributed by atoms with E-state index in [9.17, 15) is 0 Å². The Balaban J connectivity index is 2.31. The number of nitrogens with zero attached hydrogens (tertiary/aromatic N) is 1. The molecule has 0 saturated carbocycles. The van der Waals surface area contributed by atoms with E-state index in [-0.39, 0.29) is 0 Å². The summed E-state index contributed by atoms with van der Waals surface area (Å²) >= 11 is 3.44. The minimum absolute atomic E-state index is 0.373. The van der Waals surface area contributed by atoms with Gasteiger partial charge in [-0.2, -0.15) is 0 Å². The molecule has 0 aliphatic heterocycles. The fraction of sp³-hybridized carbons (Fsp3) is 0.357. The standard InChI is InChI=1S/C14H18BrN3/c1-9(7-8-16)14-17-10(2)13(18-14)11-3-5-12(15)6-4-11/h3-6,9H,7-8,16H2,1-2H3,(H,17,18). The molecule has 1 aromatic heterocycles. The van der Waals surface area contributed by atoms with Crippen LogP contribution in [0.3, 0.4) is 0 Å². The molecule has 0 fully saturated rings. The Labute approximate surface area is 116 Å². The summed E-state index contributed by atoms with van der Waals surface area (Å²) in [6.45, 7) is 4.90. The maximum atomic E-state index is 5.59. The maximum Gasteiger partial charge on any atom is 0.109 e. The lowest BCUT2D eigenvalue weighted by atomic mass is 10.1. The summed E-state index contributed by atoms with van der Waals surface area (Å²) in [6.07, 6.45) is 0.951. The number of imidazole rings is 1. The van der Waals surface area contributed by atoms with Crippen LogP contribution in [-0.2, 0) is 0 Å². The van der Waals surface area contributed by atoms with Crippen molar-refractivity contribution in [3.8, 4) is 11.3 Å². The average Bonchev–Trinajstić information content (AvgIpc) is 2.73. The summed E-state index contributed by atoms with van der Waals surface area (Å²) in [5.41, 5.74) is 8.87. The van der Waals surface area contributed by atoms with Gasteiger partial charge < -0.3 is 10.7 Å². The lowest BCUT2D eigenvalue weighted by Crippen LogP contribution is -2.05. The molecule has 1 unspecified atom stereocenters. The average molecular weight is 308 g/mol. The number of hydrogen-bond acceptors (Lipinski definition) is 2. The second-order valence-corrected chi connectivity index (χ2v) is 5.50. The van der Waals surface area contributed by atoms with E-state index in [0.29, 0.717) is 12.5 Å². The second kappa shape index (κ2) is 5.67. The number of halogens is 1. The number of nitrogens with two attached hydrogens (primary N) is 1. The second-order valence-electron chi connectivity index (χ2n) is 4.58. The highest BCUT2D eigenvalue weighted by Gasteiger charge is 2.13. The molecule has 2 aromatic rings. The molecule has 1 heterocycles. The van der Waals surface area contributed by atoms with Crippen LogP contribution >= 0.6 is 15.9 Å². The first kappa shape index (κ1) is 13.3. The van der Waals surface area contributed by atoms with Crippen molar-refractivity contribution < 1.29 is 0 Å². The van der Waals surface area contributed by atoms with E-state index in [1.165, 1.54) is 0 Å². The van der Waals surface area contributed by atoms with E-state index in [0.717, 1.165) is 33.7 Å². The first-order valence-corrected chi connectivity index (χ1v) is 6.93. The quantitative estimate of drug-likeness (QED) is 0.906. The van der Waals surface area contributed by atoms with Crippen LogP contribution in [0.25, 0.3) is 11.3 Å². The predicted octanol–water partition coefficient (Wildman–Crippen LogP) is 3.60. The number of benzene rings is 1. The zero-order valence-corrected chi connectivity index (χ0v) is 12.3. The van der Waals surface area contributed by atoms with Crippen molar-refractivity contribution in [1.82, 2.24) is 9.97 Å². The van der Waals surface area contributed by atoms with Gasteiger partial charge in [-0.15, -0.1) is 0 Å². The van der Waals surface area contributed by atoms with Gasteiger partial charge in [0.25, 0.3) is 0 Å². The van der Waals surface area contributed by atoms with E-state index >= 15 is 0 Å². The highest BCUT2D eigenvalue weighted by molar-refractivity contribution is 9.10. The smallest absolute Gasteiger partial charge is 0.109 e. The number of hydrogen-bond donors (Lipinski definition) is 2. The number of H-pyrrole nitrogens is 1. The molecule has 0 radical (unpaired) electrons. The van der Waals surface area contributed by atoms with Gasteiger partial charge in [0.1, 0.15) is 5.82 Å². The van der Waals surface area contributed by atoms with Crippen molar-refractivity contribution in [3.63, 3.8) is 0 Å². The number of aryl methyl sites for hydroxylation is 1. The Bertz CT molecular complexity index is 516. The van der Waals surface area contributed by atoms with Crippen molar-refractivity contribution >= 4 is 15.9 Å².